The first kappa shape index (κ1) is 39.4. The van der Waals surface area contributed by atoms with Crippen molar-refractivity contribution in [2.75, 3.05) is 20.2 Å². The highest BCUT2D eigenvalue weighted by molar-refractivity contribution is 5.86. The molecule has 3 heterocycles. The summed E-state index contributed by atoms with van der Waals surface area (Å²) in [4.78, 5) is 22.8. The average Bonchev–Trinajstić information content (AvgIpc) is 3.90. The third kappa shape index (κ3) is 7.77. The molecule has 1 saturated carbocycles. The summed E-state index contributed by atoms with van der Waals surface area (Å²) in [7, 11) is 1.68. The summed E-state index contributed by atoms with van der Waals surface area (Å²) in [5.41, 5.74) is 4.48. The molecule has 1 aliphatic carbocycles. The molecule has 0 bridgehead atoms. The average molecular weight is 805 g/mol. The normalized spacial score (nSPS) is 18.7. The highest BCUT2D eigenvalue weighted by Crippen LogP contribution is 2.41. The van der Waals surface area contributed by atoms with Crippen molar-refractivity contribution in [3.05, 3.63) is 88.5 Å². The number of carboxylic acids is 1. The van der Waals surface area contributed by atoms with E-state index in [9.17, 15) is 31.9 Å². The third-order valence-electron chi connectivity index (χ3n) is 11.4. The van der Waals surface area contributed by atoms with Gasteiger partial charge in [-0.3, -0.25) is 9.69 Å². The maximum atomic E-state index is 14.4. The van der Waals surface area contributed by atoms with E-state index in [2.05, 4.69) is 10.3 Å². The zero-order chi connectivity index (χ0) is 40.9. The van der Waals surface area contributed by atoms with Gasteiger partial charge in [0.1, 0.15) is 28.4 Å². The number of methoxy groups -OCH3 is 1. The fourth-order valence-corrected chi connectivity index (χ4v) is 8.25. The molecule has 304 valence electrons. The number of likely N-dealkylation sites (tertiary alicyclic amines) is 1. The second-order valence-electron chi connectivity index (χ2n) is 15.1. The SMILES string of the molecule is COC1CC(CNCc2cc(C(F)(F)F)c3oc(-c4cccc(-c5cccc(-c6nc7cc(CN8CCC[C@H]8C(=O)O)c(OC(F)F)cc7o6)c5C)c4C)nc3c2)C1. The van der Waals surface area contributed by atoms with Crippen LogP contribution in [0.25, 0.3) is 56.2 Å². The van der Waals surface area contributed by atoms with Crippen LogP contribution >= 0.6 is 0 Å². The lowest BCUT2D eigenvalue weighted by atomic mass is 9.82. The Labute approximate surface area is 330 Å². The van der Waals surface area contributed by atoms with Crippen LogP contribution < -0.4 is 10.1 Å². The minimum absolute atomic E-state index is 0.0547. The van der Waals surface area contributed by atoms with Crippen molar-refractivity contribution >= 4 is 28.2 Å². The highest BCUT2D eigenvalue weighted by Gasteiger charge is 2.36. The maximum Gasteiger partial charge on any atom is 0.420 e. The van der Waals surface area contributed by atoms with E-state index >= 15 is 0 Å². The van der Waals surface area contributed by atoms with Crippen molar-refractivity contribution in [2.45, 2.75) is 77.6 Å². The third-order valence-corrected chi connectivity index (χ3v) is 11.4. The molecule has 0 unspecified atom stereocenters. The van der Waals surface area contributed by atoms with Gasteiger partial charge in [0.25, 0.3) is 0 Å². The van der Waals surface area contributed by atoms with E-state index in [1.807, 2.05) is 38.1 Å². The second kappa shape index (κ2) is 15.8. The predicted octanol–water partition coefficient (Wildman–Crippen LogP) is 9.77. The Hall–Kier alpha value is -5.38. The highest BCUT2D eigenvalue weighted by atomic mass is 19.4. The molecule has 2 aliphatic rings. The number of hydrogen-bond acceptors (Lipinski definition) is 9. The number of oxazole rings is 2. The van der Waals surface area contributed by atoms with Gasteiger partial charge in [0.05, 0.1) is 6.10 Å². The minimum atomic E-state index is -4.67. The summed E-state index contributed by atoms with van der Waals surface area (Å²) in [6, 6.07) is 15.9. The number of rotatable bonds is 13. The Bertz CT molecular complexity index is 2490. The topological polar surface area (TPSA) is 123 Å². The number of carbonyl (C=O) groups is 1. The summed E-state index contributed by atoms with van der Waals surface area (Å²) in [6.45, 7) is 2.11. The summed E-state index contributed by atoms with van der Waals surface area (Å²) in [5.74, 6) is -0.402. The van der Waals surface area contributed by atoms with E-state index in [4.69, 9.17) is 23.3 Å². The van der Waals surface area contributed by atoms with Crippen LogP contribution in [-0.4, -0.2) is 64.9 Å². The molecule has 0 amide bonds. The molecule has 58 heavy (non-hydrogen) atoms. The molecule has 2 N–H and O–H groups in total. The van der Waals surface area contributed by atoms with E-state index in [0.717, 1.165) is 41.2 Å². The first-order valence-electron chi connectivity index (χ1n) is 19.1. The lowest BCUT2D eigenvalue weighted by Crippen LogP contribution is -2.37. The zero-order valence-corrected chi connectivity index (χ0v) is 32.0. The number of benzene rings is 4. The Morgan fingerprint density at radius 1 is 0.948 bits per heavy atom. The Morgan fingerprint density at radius 3 is 2.24 bits per heavy atom. The van der Waals surface area contributed by atoms with E-state index in [-0.39, 0.29) is 53.4 Å². The largest absolute Gasteiger partial charge is 0.480 e. The summed E-state index contributed by atoms with van der Waals surface area (Å²) in [6.07, 6.45) is -1.46. The minimum Gasteiger partial charge on any atom is -0.480 e. The van der Waals surface area contributed by atoms with Gasteiger partial charge in [-0.05, 0) is 117 Å². The Balaban J connectivity index is 1.10. The fraction of sp³-hybridized carbons (Fsp3) is 0.372. The number of nitrogens with one attached hydrogen (secondary N) is 1. The molecule has 2 aromatic heterocycles. The van der Waals surface area contributed by atoms with E-state index < -0.39 is 30.4 Å². The molecular weight excluding hydrogens is 763 g/mol. The van der Waals surface area contributed by atoms with Crippen molar-refractivity contribution in [1.82, 2.24) is 20.2 Å². The molecule has 0 radical (unpaired) electrons. The summed E-state index contributed by atoms with van der Waals surface area (Å²) in [5, 5.41) is 12.9. The summed E-state index contributed by atoms with van der Waals surface area (Å²) >= 11 is 0. The fourth-order valence-electron chi connectivity index (χ4n) is 8.25. The van der Waals surface area contributed by atoms with Crippen molar-refractivity contribution in [3.63, 3.8) is 0 Å². The molecule has 6 aromatic rings. The number of carboxylic acid groups (broad SMARTS) is 1. The van der Waals surface area contributed by atoms with Gasteiger partial charge in [-0.2, -0.15) is 22.0 Å². The second-order valence-corrected chi connectivity index (χ2v) is 15.1. The molecule has 15 heteroatoms. The van der Waals surface area contributed by atoms with Crippen LogP contribution in [-0.2, 0) is 28.8 Å². The van der Waals surface area contributed by atoms with Gasteiger partial charge < -0.3 is 28.7 Å². The van der Waals surface area contributed by atoms with E-state index in [0.29, 0.717) is 59.6 Å². The monoisotopic (exact) mass is 804 g/mol. The Kier molecular flexibility index (Phi) is 10.7. The maximum absolute atomic E-state index is 14.4. The van der Waals surface area contributed by atoms with Crippen molar-refractivity contribution in [2.24, 2.45) is 5.92 Å². The number of hydrogen-bond donors (Lipinski definition) is 2. The molecule has 1 atom stereocenters. The van der Waals surface area contributed by atoms with Crippen LogP contribution in [0.4, 0.5) is 22.0 Å². The molecule has 4 aromatic carbocycles. The van der Waals surface area contributed by atoms with Gasteiger partial charge >= 0.3 is 18.8 Å². The van der Waals surface area contributed by atoms with Crippen LogP contribution in [0.2, 0.25) is 0 Å². The number of fused-ring (bicyclic) bond motifs is 2. The molecule has 8 rings (SSSR count). The van der Waals surface area contributed by atoms with Gasteiger partial charge in [0.2, 0.25) is 11.8 Å². The van der Waals surface area contributed by atoms with Gasteiger partial charge in [0.15, 0.2) is 11.2 Å². The van der Waals surface area contributed by atoms with Gasteiger partial charge in [-0.1, -0.05) is 24.3 Å². The lowest BCUT2D eigenvalue weighted by Gasteiger charge is -2.34. The van der Waals surface area contributed by atoms with E-state index in [1.165, 1.54) is 6.07 Å². The smallest absolute Gasteiger partial charge is 0.420 e. The van der Waals surface area contributed by atoms with Crippen LogP contribution in [0.15, 0.2) is 69.5 Å². The first-order valence-corrected chi connectivity index (χ1v) is 19.1. The van der Waals surface area contributed by atoms with Crippen molar-refractivity contribution in [1.29, 1.82) is 0 Å². The van der Waals surface area contributed by atoms with Crippen molar-refractivity contribution < 1.29 is 50.2 Å². The first-order chi connectivity index (χ1) is 27.8. The quantitative estimate of drug-likeness (QED) is 0.109. The van der Waals surface area contributed by atoms with Gasteiger partial charge in [-0.25, -0.2) is 9.97 Å². The zero-order valence-electron chi connectivity index (χ0n) is 32.0. The van der Waals surface area contributed by atoms with Crippen LogP contribution in [0.1, 0.15) is 53.5 Å². The standard InChI is InChI=1S/C43H41F5N4O6/c1-22-28(7-4-9-30(22)39-50-33-17-26(21-52-12-6-11-35(52)41(53)54)36(57-42(44)45)18-37(33)56-39)29-8-5-10-31(23(29)2)40-51-34-16-25(15-32(38(34)58-40)43(46,47)48)20-49-19-24-13-27(14-24)55-3/h4-5,7-10,15-18,24,27,35,42,49H,6,11-14,19-21H2,1-3H3,(H,53,54)/t24?,27?,35-/m0/s1. The number of halogens is 5. The predicted molar refractivity (Wildman–Crippen MR) is 205 cm³/mol. The molecule has 10 nitrogen and oxygen atoms in total. The number of aliphatic carboxylic acids is 1. The molecule has 1 aliphatic heterocycles. The Morgan fingerprint density at radius 2 is 1.60 bits per heavy atom. The summed E-state index contributed by atoms with van der Waals surface area (Å²) < 4.78 is 92.4. The van der Waals surface area contributed by atoms with Crippen LogP contribution in [0.3, 0.4) is 0 Å². The molecular formula is C43H41F5N4O6. The molecule has 0 spiro atoms. The van der Waals surface area contributed by atoms with Gasteiger partial charge in [-0.15, -0.1) is 0 Å². The molecule has 1 saturated heterocycles. The van der Waals surface area contributed by atoms with Crippen molar-refractivity contribution in [3.8, 4) is 39.8 Å². The number of ether oxygens (including phenoxy) is 2. The number of aromatic nitrogens is 2. The number of nitrogens with zero attached hydrogens (tertiary/aromatic N) is 3. The van der Waals surface area contributed by atoms with Crippen LogP contribution in [0.5, 0.6) is 5.75 Å². The number of alkyl halides is 5. The van der Waals surface area contributed by atoms with Gasteiger partial charge in [0, 0.05) is 43.0 Å². The van der Waals surface area contributed by atoms with Crippen LogP contribution in [0, 0.1) is 19.8 Å². The lowest BCUT2D eigenvalue weighted by molar-refractivity contribution is -0.142. The van der Waals surface area contributed by atoms with E-state index in [1.54, 1.807) is 36.3 Å². The molecule has 2 fully saturated rings.